The molecule has 4 atom stereocenters. The summed E-state index contributed by atoms with van der Waals surface area (Å²) in [4.78, 5) is 11.8. The van der Waals surface area contributed by atoms with E-state index in [9.17, 15) is 9.90 Å². The molecule has 0 bridgehead atoms. The topological polar surface area (TPSA) is 40.1 Å². The summed E-state index contributed by atoms with van der Waals surface area (Å²) < 4.78 is 0. The smallest absolute Gasteiger partial charge is 0.0476 e. The second kappa shape index (κ2) is 5.25. The standard InChI is InChI=1S/C20H30O2/c1-13(2)14-6-8-16-15(12-14)7-9-17-19(16,3)10-5-11-20(17,4)18(21)22/h6,12-13,16-17H,5,7-11H2,1-4H3,(H,21,22)/p-1/t16-,17+,19+,20-/m0/s1. The number of allylic oxidation sites excluding steroid dienone is 4. The fourth-order valence-corrected chi connectivity index (χ4v) is 5.65. The lowest BCUT2D eigenvalue weighted by atomic mass is 9.46. The van der Waals surface area contributed by atoms with Gasteiger partial charge in [0.05, 0.1) is 0 Å². The number of hydrogen-bond acceptors (Lipinski definition) is 2. The second-order valence-electron chi connectivity index (χ2n) is 8.52. The lowest BCUT2D eigenvalue weighted by molar-refractivity contribution is -0.326. The van der Waals surface area contributed by atoms with Gasteiger partial charge >= 0.3 is 0 Å². The number of hydrogen-bond donors (Lipinski definition) is 0. The number of carboxylic acids is 1. The zero-order chi connectivity index (χ0) is 16.1. The van der Waals surface area contributed by atoms with Gasteiger partial charge in [-0.1, -0.05) is 51.8 Å². The molecule has 0 saturated heterocycles. The minimum absolute atomic E-state index is 0.121. The molecule has 0 radical (unpaired) electrons. The molecule has 0 heterocycles. The van der Waals surface area contributed by atoms with Crippen molar-refractivity contribution in [3.05, 3.63) is 23.3 Å². The number of rotatable bonds is 2. The van der Waals surface area contributed by atoms with Crippen LogP contribution in [0.4, 0.5) is 0 Å². The van der Waals surface area contributed by atoms with E-state index in [0.29, 0.717) is 11.8 Å². The normalized spacial score (nSPS) is 41.3. The van der Waals surface area contributed by atoms with Crippen molar-refractivity contribution in [3.8, 4) is 0 Å². The van der Waals surface area contributed by atoms with Crippen molar-refractivity contribution in [1.29, 1.82) is 0 Å². The van der Waals surface area contributed by atoms with Crippen molar-refractivity contribution in [2.45, 2.75) is 66.2 Å². The van der Waals surface area contributed by atoms with Crippen LogP contribution < -0.4 is 5.11 Å². The van der Waals surface area contributed by atoms with E-state index in [4.69, 9.17) is 0 Å². The molecule has 0 spiro atoms. The van der Waals surface area contributed by atoms with E-state index in [1.807, 2.05) is 6.92 Å². The van der Waals surface area contributed by atoms with Crippen molar-refractivity contribution < 1.29 is 9.90 Å². The Morgan fingerprint density at radius 2 is 2.05 bits per heavy atom. The Hall–Kier alpha value is -1.05. The minimum atomic E-state index is -0.829. The Balaban J connectivity index is 1.95. The minimum Gasteiger partial charge on any atom is -0.550 e. The Morgan fingerprint density at radius 1 is 1.32 bits per heavy atom. The lowest BCUT2D eigenvalue weighted by Gasteiger charge is -2.59. The summed E-state index contributed by atoms with van der Waals surface area (Å²) in [6, 6.07) is 0. The number of aliphatic carboxylic acids is 1. The van der Waals surface area contributed by atoms with Crippen LogP contribution in [0.5, 0.6) is 0 Å². The average Bonchev–Trinajstić information content (AvgIpc) is 2.46. The van der Waals surface area contributed by atoms with Gasteiger partial charge in [-0.05, 0) is 60.8 Å². The maximum Gasteiger partial charge on any atom is 0.0476 e. The molecule has 0 aromatic carbocycles. The van der Waals surface area contributed by atoms with Crippen molar-refractivity contribution in [3.63, 3.8) is 0 Å². The molecule has 3 aliphatic rings. The van der Waals surface area contributed by atoms with Gasteiger partial charge in [-0.3, -0.25) is 0 Å². The predicted molar refractivity (Wildman–Crippen MR) is 86.9 cm³/mol. The third-order valence-electron chi connectivity index (χ3n) is 7.02. The van der Waals surface area contributed by atoms with Crippen LogP contribution in [0.1, 0.15) is 66.2 Å². The van der Waals surface area contributed by atoms with Crippen LogP contribution in [0.15, 0.2) is 23.3 Å². The van der Waals surface area contributed by atoms with Gasteiger partial charge in [-0.15, -0.1) is 0 Å². The molecule has 2 nitrogen and oxygen atoms in total. The van der Waals surface area contributed by atoms with Crippen LogP contribution in [0.3, 0.4) is 0 Å². The highest BCUT2D eigenvalue weighted by Crippen LogP contribution is 2.62. The van der Waals surface area contributed by atoms with Crippen molar-refractivity contribution in [1.82, 2.24) is 0 Å². The van der Waals surface area contributed by atoms with E-state index in [-0.39, 0.29) is 11.3 Å². The second-order valence-corrected chi connectivity index (χ2v) is 8.52. The summed E-state index contributed by atoms with van der Waals surface area (Å²) in [7, 11) is 0. The third-order valence-corrected chi connectivity index (χ3v) is 7.02. The average molecular weight is 301 g/mol. The SMILES string of the molecule is CC(C)C1=CC[C@H]2C(=C1)CC[C@@H]1[C@]2(C)CCC[C@]1(C)C(=O)[O-]. The zero-order valence-electron chi connectivity index (χ0n) is 14.4. The Labute approximate surface area is 134 Å². The molecule has 0 amide bonds. The van der Waals surface area contributed by atoms with Crippen LogP contribution in [-0.4, -0.2) is 5.97 Å². The molecular weight excluding hydrogens is 272 g/mol. The molecule has 122 valence electrons. The van der Waals surface area contributed by atoms with Crippen LogP contribution in [0.2, 0.25) is 0 Å². The molecule has 0 aromatic heterocycles. The molecule has 0 aromatic rings. The summed E-state index contributed by atoms with van der Waals surface area (Å²) in [5.74, 6) is 0.548. The first-order valence-corrected chi connectivity index (χ1v) is 8.91. The van der Waals surface area contributed by atoms with Crippen LogP contribution in [0.25, 0.3) is 0 Å². The van der Waals surface area contributed by atoms with Crippen molar-refractivity contribution in [2.75, 3.05) is 0 Å². The highest BCUT2D eigenvalue weighted by Gasteiger charge is 2.55. The quantitative estimate of drug-likeness (QED) is 0.776. The van der Waals surface area contributed by atoms with Gasteiger partial charge < -0.3 is 9.90 Å². The maximum absolute atomic E-state index is 11.8. The summed E-state index contributed by atoms with van der Waals surface area (Å²) >= 11 is 0. The fourth-order valence-electron chi connectivity index (χ4n) is 5.65. The van der Waals surface area contributed by atoms with Crippen molar-refractivity contribution >= 4 is 5.97 Å². The molecular formula is C20H29O2-. The summed E-state index contributed by atoms with van der Waals surface area (Å²) in [5.41, 5.74) is 2.52. The van der Waals surface area contributed by atoms with Crippen LogP contribution in [0, 0.1) is 28.6 Å². The predicted octanol–water partition coefficient (Wildman–Crippen LogP) is 3.87. The van der Waals surface area contributed by atoms with E-state index in [1.165, 1.54) is 5.57 Å². The van der Waals surface area contributed by atoms with Gasteiger partial charge in [0.2, 0.25) is 0 Å². The molecule has 3 aliphatic carbocycles. The van der Waals surface area contributed by atoms with Gasteiger partial charge in [0.15, 0.2) is 0 Å². The van der Waals surface area contributed by atoms with Crippen molar-refractivity contribution in [2.24, 2.45) is 28.6 Å². The van der Waals surface area contributed by atoms with Gasteiger partial charge in [-0.2, -0.15) is 0 Å². The Morgan fingerprint density at radius 3 is 2.68 bits per heavy atom. The first-order chi connectivity index (χ1) is 10.3. The number of fused-ring (bicyclic) bond motifs is 3. The molecule has 2 heteroatoms. The number of carbonyl (C=O) groups excluding carboxylic acids is 1. The largest absolute Gasteiger partial charge is 0.550 e. The molecule has 0 aliphatic heterocycles. The Kier molecular flexibility index (Phi) is 3.78. The van der Waals surface area contributed by atoms with Gasteiger partial charge in [0, 0.05) is 11.4 Å². The highest BCUT2D eigenvalue weighted by molar-refractivity contribution is 5.73. The first-order valence-electron chi connectivity index (χ1n) is 8.91. The van der Waals surface area contributed by atoms with E-state index in [0.717, 1.165) is 38.5 Å². The molecule has 2 saturated carbocycles. The fraction of sp³-hybridized carbons (Fsp3) is 0.750. The lowest BCUT2D eigenvalue weighted by Crippen LogP contribution is -2.56. The zero-order valence-corrected chi connectivity index (χ0v) is 14.4. The number of carboxylic acid groups (broad SMARTS) is 1. The van der Waals surface area contributed by atoms with Gasteiger partial charge in [-0.25, -0.2) is 0 Å². The van der Waals surface area contributed by atoms with Gasteiger partial charge in [0.1, 0.15) is 0 Å². The monoisotopic (exact) mass is 301 g/mol. The summed E-state index contributed by atoms with van der Waals surface area (Å²) in [6.07, 6.45) is 11.0. The highest BCUT2D eigenvalue weighted by atomic mass is 16.4. The van der Waals surface area contributed by atoms with E-state index < -0.39 is 11.4 Å². The Bertz CT molecular complexity index is 542. The van der Waals surface area contributed by atoms with E-state index in [2.05, 4.69) is 32.9 Å². The molecule has 0 unspecified atom stereocenters. The molecule has 22 heavy (non-hydrogen) atoms. The summed E-state index contributed by atoms with van der Waals surface area (Å²) in [5, 5.41) is 11.8. The number of carbonyl (C=O) groups is 1. The van der Waals surface area contributed by atoms with E-state index in [1.54, 1.807) is 5.57 Å². The van der Waals surface area contributed by atoms with E-state index >= 15 is 0 Å². The molecule has 3 rings (SSSR count). The molecule has 0 N–H and O–H groups in total. The van der Waals surface area contributed by atoms with Crippen LogP contribution >= 0.6 is 0 Å². The van der Waals surface area contributed by atoms with Crippen LogP contribution in [-0.2, 0) is 4.79 Å². The first kappa shape index (κ1) is 15.8. The third kappa shape index (κ3) is 2.18. The molecule has 2 fully saturated rings. The van der Waals surface area contributed by atoms with Gasteiger partial charge in [0.25, 0.3) is 0 Å². The summed E-state index contributed by atoms with van der Waals surface area (Å²) in [6.45, 7) is 8.80. The maximum atomic E-state index is 11.8.